The summed E-state index contributed by atoms with van der Waals surface area (Å²) < 4.78 is 7.18. The number of pyridine rings is 1. The predicted octanol–water partition coefficient (Wildman–Crippen LogP) is 4.04. The molecule has 190 valence electrons. The van der Waals surface area contributed by atoms with E-state index in [1.165, 1.54) is 6.92 Å². The van der Waals surface area contributed by atoms with Crippen molar-refractivity contribution in [2.24, 2.45) is 0 Å². The zero-order valence-electron chi connectivity index (χ0n) is 21.2. The summed E-state index contributed by atoms with van der Waals surface area (Å²) in [6.07, 6.45) is 0.449. The van der Waals surface area contributed by atoms with Gasteiger partial charge in [0.2, 0.25) is 5.91 Å². The lowest BCUT2D eigenvalue weighted by Crippen LogP contribution is -2.40. The topological polar surface area (TPSA) is 115 Å². The number of fused-ring (bicyclic) bond motifs is 1. The van der Waals surface area contributed by atoms with E-state index in [9.17, 15) is 14.4 Å². The lowest BCUT2D eigenvalue weighted by atomic mass is 10.1. The fourth-order valence-corrected chi connectivity index (χ4v) is 3.99. The molecule has 4 aromatic rings. The first-order valence-electron chi connectivity index (χ1n) is 12.0. The number of hydrogen-bond acceptors (Lipinski definition) is 6. The first kappa shape index (κ1) is 25.6. The molecule has 0 radical (unpaired) electrons. The summed E-state index contributed by atoms with van der Waals surface area (Å²) in [5, 5.41) is 10.2. The van der Waals surface area contributed by atoms with Gasteiger partial charge >= 0.3 is 5.97 Å². The van der Waals surface area contributed by atoms with Gasteiger partial charge in [0.25, 0.3) is 5.91 Å². The van der Waals surface area contributed by atoms with Crippen molar-refractivity contribution in [2.75, 3.05) is 11.9 Å². The predicted molar refractivity (Wildman–Crippen MR) is 141 cm³/mol. The highest BCUT2D eigenvalue weighted by molar-refractivity contribution is 6.04. The normalized spacial score (nSPS) is 11.7. The van der Waals surface area contributed by atoms with Crippen molar-refractivity contribution in [1.29, 1.82) is 0 Å². The number of esters is 1. The minimum absolute atomic E-state index is 0.255. The average Bonchev–Trinajstić information content (AvgIpc) is 3.32. The number of aromatic nitrogens is 3. The smallest absolute Gasteiger partial charge is 0.339 e. The molecule has 2 aromatic carbocycles. The summed E-state index contributed by atoms with van der Waals surface area (Å²) in [5.41, 5.74) is 4.80. The Labute approximate surface area is 214 Å². The number of carbonyl (C=O) groups excluding carboxylic acids is 3. The molecule has 0 aliphatic carbocycles. The summed E-state index contributed by atoms with van der Waals surface area (Å²) in [7, 11) is 0. The van der Waals surface area contributed by atoms with Crippen LogP contribution in [-0.2, 0) is 20.9 Å². The zero-order valence-corrected chi connectivity index (χ0v) is 21.2. The number of rotatable bonds is 8. The van der Waals surface area contributed by atoms with Crippen LogP contribution in [0.1, 0.15) is 35.3 Å². The molecule has 4 rings (SSSR count). The van der Waals surface area contributed by atoms with Crippen LogP contribution in [0.2, 0.25) is 0 Å². The molecule has 0 saturated heterocycles. The number of amides is 2. The van der Waals surface area contributed by atoms with Gasteiger partial charge in [0.15, 0.2) is 11.8 Å². The summed E-state index contributed by atoms with van der Waals surface area (Å²) in [4.78, 5) is 42.9. The molecule has 0 saturated carbocycles. The molecular formula is C28H29N5O4. The minimum atomic E-state index is -1.12. The van der Waals surface area contributed by atoms with Crippen molar-refractivity contribution in [3.8, 4) is 11.3 Å². The Kier molecular flexibility index (Phi) is 7.62. The molecule has 2 N–H and O–H groups in total. The zero-order chi connectivity index (χ0) is 26.5. The van der Waals surface area contributed by atoms with Crippen molar-refractivity contribution in [2.45, 2.75) is 40.3 Å². The second-order valence-electron chi connectivity index (χ2n) is 8.70. The van der Waals surface area contributed by atoms with Crippen LogP contribution in [0, 0.1) is 13.8 Å². The van der Waals surface area contributed by atoms with Crippen LogP contribution < -0.4 is 10.6 Å². The molecule has 0 fully saturated rings. The van der Waals surface area contributed by atoms with Gasteiger partial charge in [-0.2, -0.15) is 5.10 Å². The Balaban J connectivity index is 1.46. The number of nitrogens with one attached hydrogen (secondary N) is 2. The van der Waals surface area contributed by atoms with Crippen LogP contribution in [0.3, 0.4) is 0 Å². The number of ether oxygens (including phenoxy) is 1. The Bertz CT molecular complexity index is 1440. The fourth-order valence-electron chi connectivity index (χ4n) is 3.99. The van der Waals surface area contributed by atoms with Gasteiger partial charge in [-0.1, -0.05) is 48.5 Å². The maximum Gasteiger partial charge on any atom is 0.339 e. The lowest BCUT2D eigenvalue weighted by Gasteiger charge is -2.15. The molecule has 0 aliphatic heterocycles. The third-order valence-corrected chi connectivity index (χ3v) is 6.02. The van der Waals surface area contributed by atoms with E-state index >= 15 is 0 Å². The fraction of sp³-hybridized carbons (Fsp3) is 0.250. The molecular weight excluding hydrogens is 470 g/mol. The first-order chi connectivity index (χ1) is 17.8. The first-order valence-corrected chi connectivity index (χ1v) is 12.0. The SMILES string of the molecule is CCn1ncc2c(C(=O)OC(C)C(=O)NCC(=O)Nc3c(C)cccc3C)cc(-c3ccccc3)nc21. The van der Waals surface area contributed by atoms with E-state index in [4.69, 9.17) is 9.72 Å². The van der Waals surface area contributed by atoms with Gasteiger partial charge < -0.3 is 15.4 Å². The second-order valence-corrected chi connectivity index (χ2v) is 8.70. The van der Waals surface area contributed by atoms with E-state index in [1.54, 1.807) is 16.9 Å². The number of nitrogens with zero attached hydrogens (tertiary/aromatic N) is 3. The van der Waals surface area contributed by atoms with Crippen LogP contribution in [-0.4, -0.2) is 45.2 Å². The molecule has 2 aromatic heterocycles. The highest BCUT2D eigenvalue weighted by Crippen LogP contribution is 2.26. The van der Waals surface area contributed by atoms with E-state index in [0.717, 1.165) is 16.7 Å². The van der Waals surface area contributed by atoms with E-state index in [-0.39, 0.29) is 18.0 Å². The molecule has 2 heterocycles. The summed E-state index contributed by atoms with van der Waals surface area (Å²) >= 11 is 0. The largest absolute Gasteiger partial charge is 0.449 e. The van der Waals surface area contributed by atoms with Crippen LogP contribution in [0.15, 0.2) is 60.8 Å². The molecule has 37 heavy (non-hydrogen) atoms. The van der Waals surface area contributed by atoms with Crippen molar-refractivity contribution >= 4 is 34.5 Å². The molecule has 0 aliphatic rings. The Hall–Kier alpha value is -4.53. The number of hydrogen-bond donors (Lipinski definition) is 2. The van der Waals surface area contributed by atoms with Gasteiger partial charge in [0, 0.05) is 17.8 Å². The molecule has 0 spiro atoms. The van der Waals surface area contributed by atoms with Crippen molar-refractivity contribution in [3.05, 3.63) is 77.5 Å². The molecule has 1 unspecified atom stereocenters. The van der Waals surface area contributed by atoms with Gasteiger partial charge in [-0.3, -0.25) is 9.59 Å². The van der Waals surface area contributed by atoms with Crippen LogP contribution >= 0.6 is 0 Å². The number of carbonyl (C=O) groups is 3. The summed E-state index contributed by atoms with van der Waals surface area (Å²) in [6, 6.07) is 16.8. The average molecular weight is 500 g/mol. The van der Waals surface area contributed by atoms with E-state index in [2.05, 4.69) is 15.7 Å². The highest BCUT2D eigenvalue weighted by Gasteiger charge is 2.23. The van der Waals surface area contributed by atoms with Crippen LogP contribution in [0.25, 0.3) is 22.3 Å². The number of benzene rings is 2. The van der Waals surface area contributed by atoms with Crippen molar-refractivity contribution in [1.82, 2.24) is 20.1 Å². The lowest BCUT2D eigenvalue weighted by molar-refractivity contribution is -0.130. The Morgan fingerprint density at radius 2 is 1.73 bits per heavy atom. The molecule has 1 atom stereocenters. The van der Waals surface area contributed by atoms with Crippen LogP contribution in [0.5, 0.6) is 0 Å². The van der Waals surface area contributed by atoms with Gasteiger partial charge in [0.1, 0.15) is 0 Å². The minimum Gasteiger partial charge on any atom is -0.449 e. The highest BCUT2D eigenvalue weighted by atomic mass is 16.5. The maximum atomic E-state index is 13.2. The standard InChI is InChI=1S/C28H29N5O4/c1-5-33-26-22(15-30-33)21(14-23(31-26)20-12-7-6-8-13-20)28(36)37-19(4)27(35)29-16-24(34)32-25-17(2)10-9-11-18(25)3/h6-15,19H,5,16H2,1-4H3,(H,29,35)(H,32,34). The van der Waals surface area contributed by atoms with Gasteiger partial charge in [-0.05, 0) is 44.9 Å². The van der Waals surface area contributed by atoms with E-state index in [0.29, 0.717) is 29.0 Å². The quantitative estimate of drug-likeness (QED) is 0.354. The Morgan fingerprint density at radius 3 is 2.41 bits per heavy atom. The maximum absolute atomic E-state index is 13.2. The monoisotopic (exact) mass is 499 g/mol. The Morgan fingerprint density at radius 1 is 1.03 bits per heavy atom. The third kappa shape index (κ3) is 5.66. The molecule has 9 nitrogen and oxygen atoms in total. The van der Waals surface area contributed by atoms with E-state index < -0.39 is 18.0 Å². The summed E-state index contributed by atoms with van der Waals surface area (Å²) in [5.74, 6) is -1.63. The number of aryl methyl sites for hydroxylation is 3. The van der Waals surface area contributed by atoms with Gasteiger partial charge in [0.05, 0.1) is 29.4 Å². The van der Waals surface area contributed by atoms with Crippen molar-refractivity contribution in [3.63, 3.8) is 0 Å². The second kappa shape index (κ2) is 11.0. The molecule has 2 amide bonds. The van der Waals surface area contributed by atoms with Crippen LogP contribution in [0.4, 0.5) is 5.69 Å². The molecule has 0 bridgehead atoms. The van der Waals surface area contributed by atoms with Gasteiger partial charge in [-0.15, -0.1) is 0 Å². The summed E-state index contributed by atoms with van der Waals surface area (Å²) in [6.45, 7) is 7.51. The van der Waals surface area contributed by atoms with Gasteiger partial charge in [-0.25, -0.2) is 14.5 Å². The number of anilines is 1. The van der Waals surface area contributed by atoms with E-state index in [1.807, 2.05) is 69.3 Å². The molecule has 9 heteroatoms. The number of para-hydroxylation sites is 1. The van der Waals surface area contributed by atoms with Crippen molar-refractivity contribution < 1.29 is 19.1 Å². The third-order valence-electron chi connectivity index (χ3n) is 6.02.